The van der Waals surface area contributed by atoms with Crippen molar-refractivity contribution in [2.24, 2.45) is 0 Å². The maximum absolute atomic E-state index is 11.9. The highest BCUT2D eigenvalue weighted by Crippen LogP contribution is 2.11. The summed E-state index contributed by atoms with van der Waals surface area (Å²) in [6.45, 7) is 1.21. The van der Waals surface area contributed by atoms with Crippen LogP contribution in [0.15, 0.2) is 30.3 Å². The molecule has 0 aliphatic carbocycles. The molecule has 6 nitrogen and oxygen atoms in total. The molecule has 0 bridgehead atoms. The topological polar surface area (TPSA) is 76.1 Å². The highest BCUT2D eigenvalue weighted by Gasteiger charge is 2.26. The number of morpholine rings is 1. The summed E-state index contributed by atoms with van der Waals surface area (Å²) in [4.78, 5) is 24.0. The minimum Gasteiger partial charge on any atom is -0.481 e. The van der Waals surface area contributed by atoms with Gasteiger partial charge in [0.1, 0.15) is 6.61 Å². The van der Waals surface area contributed by atoms with Crippen molar-refractivity contribution in [1.29, 1.82) is 0 Å². The first-order valence-electron chi connectivity index (χ1n) is 6.44. The van der Waals surface area contributed by atoms with Crippen LogP contribution in [0, 0.1) is 0 Å². The fourth-order valence-corrected chi connectivity index (χ4v) is 2.01. The van der Waals surface area contributed by atoms with Gasteiger partial charge in [0.15, 0.2) is 0 Å². The van der Waals surface area contributed by atoms with Crippen LogP contribution in [0.5, 0.6) is 0 Å². The summed E-state index contributed by atoms with van der Waals surface area (Å²) < 4.78 is 10.5. The Kier molecular flexibility index (Phi) is 4.95. The zero-order valence-corrected chi connectivity index (χ0v) is 11.0. The quantitative estimate of drug-likeness (QED) is 0.903. The lowest BCUT2D eigenvalue weighted by Crippen LogP contribution is -2.46. The standard InChI is InChI=1S/C14H17NO5/c16-13(17)8-12-9-15(6-7-19-12)14(18)20-10-11-4-2-1-3-5-11/h1-5,12H,6-10H2,(H,16,17)/t12-/m0/s1. The number of amides is 1. The Balaban J connectivity index is 1.81. The number of nitrogens with zero attached hydrogens (tertiary/aromatic N) is 1. The Morgan fingerprint density at radius 1 is 1.35 bits per heavy atom. The average molecular weight is 279 g/mol. The molecule has 1 saturated heterocycles. The van der Waals surface area contributed by atoms with Crippen molar-refractivity contribution in [3.05, 3.63) is 35.9 Å². The number of ether oxygens (including phenoxy) is 2. The molecule has 0 radical (unpaired) electrons. The van der Waals surface area contributed by atoms with Gasteiger partial charge in [-0.25, -0.2) is 4.79 Å². The number of carboxylic acids is 1. The SMILES string of the molecule is O=C(O)C[C@H]1CN(C(=O)OCc2ccccc2)CCO1. The molecule has 0 unspecified atom stereocenters. The van der Waals surface area contributed by atoms with Crippen LogP contribution in [0.1, 0.15) is 12.0 Å². The molecule has 1 fully saturated rings. The van der Waals surface area contributed by atoms with E-state index in [2.05, 4.69) is 0 Å². The monoisotopic (exact) mass is 279 g/mol. The van der Waals surface area contributed by atoms with Gasteiger partial charge in [0.2, 0.25) is 0 Å². The van der Waals surface area contributed by atoms with Gasteiger partial charge in [-0.2, -0.15) is 0 Å². The van der Waals surface area contributed by atoms with Gasteiger partial charge in [0, 0.05) is 6.54 Å². The summed E-state index contributed by atoms with van der Waals surface area (Å²) in [5.41, 5.74) is 0.913. The normalized spacial score (nSPS) is 18.6. The van der Waals surface area contributed by atoms with E-state index in [4.69, 9.17) is 14.6 Å². The Morgan fingerprint density at radius 2 is 2.10 bits per heavy atom. The first-order valence-corrected chi connectivity index (χ1v) is 6.44. The molecule has 1 amide bonds. The van der Waals surface area contributed by atoms with E-state index in [0.29, 0.717) is 13.2 Å². The number of benzene rings is 1. The molecule has 6 heteroatoms. The van der Waals surface area contributed by atoms with Crippen LogP contribution in [0.3, 0.4) is 0 Å². The lowest BCUT2D eigenvalue weighted by molar-refractivity contribution is -0.141. The summed E-state index contributed by atoms with van der Waals surface area (Å²) in [6, 6.07) is 9.39. The number of hydrogen-bond donors (Lipinski definition) is 1. The maximum Gasteiger partial charge on any atom is 0.410 e. The second-order valence-electron chi connectivity index (χ2n) is 4.58. The maximum atomic E-state index is 11.9. The summed E-state index contributed by atoms with van der Waals surface area (Å²) in [7, 11) is 0. The van der Waals surface area contributed by atoms with Crippen LogP contribution >= 0.6 is 0 Å². The van der Waals surface area contributed by atoms with Crippen molar-refractivity contribution < 1.29 is 24.2 Å². The van der Waals surface area contributed by atoms with E-state index in [1.54, 1.807) is 0 Å². The largest absolute Gasteiger partial charge is 0.481 e. The molecule has 1 aromatic rings. The van der Waals surface area contributed by atoms with E-state index in [1.165, 1.54) is 4.90 Å². The predicted octanol–water partition coefficient (Wildman–Crippen LogP) is 1.50. The molecule has 1 aliphatic rings. The molecule has 20 heavy (non-hydrogen) atoms. The van der Waals surface area contributed by atoms with Crippen LogP contribution in [-0.4, -0.2) is 47.9 Å². The molecule has 1 N–H and O–H groups in total. The number of aliphatic carboxylic acids is 1. The van der Waals surface area contributed by atoms with Crippen LogP contribution < -0.4 is 0 Å². The highest BCUT2D eigenvalue weighted by molar-refractivity contribution is 5.69. The van der Waals surface area contributed by atoms with Gasteiger partial charge in [-0.1, -0.05) is 30.3 Å². The fraction of sp³-hybridized carbons (Fsp3) is 0.429. The van der Waals surface area contributed by atoms with E-state index < -0.39 is 18.2 Å². The minimum absolute atomic E-state index is 0.109. The summed E-state index contributed by atoms with van der Waals surface area (Å²) in [5.74, 6) is -0.936. The molecule has 1 atom stereocenters. The van der Waals surface area contributed by atoms with Gasteiger partial charge in [-0.3, -0.25) is 4.79 Å². The van der Waals surface area contributed by atoms with Crippen LogP contribution in [-0.2, 0) is 20.9 Å². The van der Waals surface area contributed by atoms with E-state index in [9.17, 15) is 9.59 Å². The van der Waals surface area contributed by atoms with E-state index >= 15 is 0 Å². The van der Waals surface area contributed by atoms with Crippen LogP contribution in [0.2, 0.25) is 0 Å². The van der Waals surface area contributed by atoms with Crippen LogP contribution in [0.25, 0.3) is 0 Å². The molecular weight excluding hydrogens is 262 g/mol. The second-order valence-corrected chi connectivity index (χ2v) is 4.58. The van der Waals surface area contributed by atoms with Crippen LogP contribution in [0.4, 0.5) is 4.79 Å². The van der Waals surface area contributed by atoms with Gasteiger partial charge in [-0.05, 0) is 5.56 Å². The van der Waals surface area contributed by atoms with Gasteiger partial charge in [-0.15, -0.1) is 0 Å². The molecule has 0 spiro atoms. The fourth-order valence-electron chi connectivity index (χ4n) is 2.01. The van der Waals surface area contributed by atoms with Crippen molar-refractivity contribution >= 4 is 12.1 Å². The number of carboxylic acid groups (broad SMARTS) is 1. The van der Waals surface area contributed by atoms with E-state index in [1.807, 2.05) is 30.3 Å². The van der Waals surface area contributed by atoms with E-state index in [0.717, 1.165) is 5.56 Å². The molecular formula is C14H17NO5. The van der Waals surface area contributed by atoms with Crippen molar-refractivity contribution in [2.75, 3.05) is 19.7 Å². The third kappa shape index (κ3) is 4.24. The molecule has 1 aromatic carbocycles. The zero-order valence-electron chi connectivity index (χ0n) is 11.0. The minimum atomic E-state index is -0.936. The van der Waals surface area contributed by atoms with Gasteiger partial charge >= 0.3 is 12.1 Å². The lowest BCUT2D eigenvalue weighted by Gasteiger charge is -2.31. The second kappa shape index (κ2) is 6.91. The Bertz CT molecular complexity index is 462. The molecule has 0 aromatic heterocycles. The Labute approximate surface area is 116 Å². The number of rotatable bonds is 4. The van der Waals surface area contributed by atoms with Crippen molar-refractivity contribution in [3.63, 3.8) is 0 Å². The Morgan fingerprint density at radius 3 is 2.80 bits per heavy atom. The zero-order chi connectivity index (χ0) is 14.4. The van der Waals surface area contributed by atoms with Crippen molar-refractivity contribution in [1.82, 2.24) is 4.90 Å². The van der Waals surface area contributed by atoms with Crippen molar-refractivity contribution in [2.45, 2.75) is 19.1 Å². The molecule has 0 saturated carbocycles. The molecule has 108 valence electrons. The van der Waals surface area contributed by atoms with Gasteiger partial charge < -0.3 is 19.5 Å². The van der Waals surface area contributed by atoms with Gasteiger partial charge in [0.25, 0.3) is 0 Å². The first kappa shape index (κ1) is 14.3. The highest BCUT2D eigenvalue weighted by atomic mass is 16.6. The third-order valence-corrected chi connectivity index (χ3v) is 3.00. The lowest BCUT2D eigenvalue weighted by atomic mass is 10.2. The average Bonchev–Trinajstić information content (AvgIpc) is 2.45. The third-order valence-electron chi connectivity index (χ3n) is 3.00. The van der Waals surface area contributed by atoms with Gasteiger partial charge in [0.05, 0.1) is 25.7 Å². The predicted molar refractivity (Wildman–Crippen MR) is 70.2 cm³/mol. The number of hydrogen-bond acceptors (Lipinski definition) is 4. The first-order chi connectivity index (χ1) is 9.65. The van der Waals surface area contributed by atoms with E-state index in [-0.39, 0.29) is 19.6 Å². The number of carbonyl (C=O) groups is 2. The number of carbonyl (C=O) groups excluding carboxylic acids is 1. The molecule has 1 heterocycles. The molecule has 2 rings (SSSR count). The smallest absolute Gasteiger partial charge is 0.410 e. The Hall–Kier alpha value is -2.08. The summed E-state index contributed by atoms with van der Waals surface area (Å²) in [5, 5.41) is 8.73. The van der Waals surface area contributed by atoms with Crippen molar-refractivity contribution in [3.8, 4) is 0 Å². The summed E-state index contributed by atoms with van der Waals surface area (Å²) >= 11 is 0. The summed E-state index contributed by atoms with van der Waals surface area (Å²) in [6.07, 6.45) is -1.01. The molecule has 1 aliphatic heterocycles.